The molecule has 31 heavy (non-hydrogen) atoms. The zero-order valence-electron chi connectivity index (χ0n) is 17.9. The molecule has 3 aromatic rings. The summed E-state index contributed by atoms with van der Waals surface area (Å²) >= 11 is 0. The molecule has 1 fully saturated rings. The summed E-state index contributed by atoms with van der Waals surface area (Å²) in [5, 5.41) is 20.9. The van der Waals surface area contributed by atoms with E-state index in [1.807, 2.05) is 19.9 Å². The molecular weight excluding hydrogens is 397 g/mol. The molecule has 2 unspecified atom stereocenters. The van der Waals surface area contributed by atoms with Gasteiger partial charge in [-0.3, -0.25) is 4.79 Å². The van der Waals surface area contributed by atoms with Crippen LogP contribution in [0, 0.1) is 18.7 Å². The fraction of sp³-hybridized carbons (Fsp3) is 0.360. The normalized spacial score (nSPS) is 18.6. The van der Waals surface area contributed by atoms with Crippen molar-refractivity contribution >= 4 is 16.7 Å². The Labute approximate surface area is 180 Å². The van der Waals surface area contributed by atoms with E-state index >= 15 is 0 Å². The number of phenols is 1. The quantitative estimate of drug-likeness (QED) is 0.541. The van der Waals surface area contributed by atoms with E-state index in [1.54, 1.807) is 31.2 Å². The number of aliphatic carboxylic acids is 1. The van der Waals surface area contributed by atoms with Crippen LogP contribution in [0.5, 0.6) is 11.6 Å². The molecule has 1 saturated carbocycles. The second kappa shape index (κ2) is 8.17. The zero-order chi connectivity index (χ0) is 22.3. The standard InChI is InChI=1S/C25H26FNO4/c1-13(2)23-22(15-5-9-21(26)14(3)10-15)19-8-6-17(28)12-20(19)24(27-23)31-18-7-4-16(11-18)25(29)30/h5-6,8-10,12-13,16,18,28H,4,7,11H2,1-3H3,(H,29,30). The van der Waals surface area contributed by atoms with E-state index in [0.717, 1.165) is 22.2 Å². The van der Waals surface area contributed by atoms with Crippen molar-refractivity contribution in [3.63, 3.8) is 0 Å². The van der Waals surface area contributed by atoms with Gasteiger partial charge in [-0.15, -0.1) is 0 Å². The third kappa shape index (κ3) is 4.07. The van der Waals surface area contributed by atoms with Crippen LogP contribution in [0.3, 0.4) is 0 Å². The summed E-state index contributed by atoms with van der Waals surface area (Å²) in [6, 6.07) is 10.1. The number of rotatable bonds is 5. The van der Waals surface area contributed by atoms with Gasteiger partial charge in [0.15, 0.2) is 0 Å². The molecule has 1 heterocycles. The second-order valence-corrected chi connectivity index (χ2v) is 8.61. The number of halogens is 1. The number of aromatic hydroxyl groups is 1. The molecule has 6 heteroatoms. The summed E-state index contributed by atoms with van der Waals surface area (Å²) < 4.78 is 20.1. The van der Waals surface area contributed by atoms with Crippen molar-refractivity contribution in [2.75, 3.05) is 0 Å². The molecule has 2 atom stereocenters. The lowest BCUT2D eigenvalue weighted by molar-refractivity contribution is -0.141. The van der Waals surface area contributed by atoms with Gasteiger partial charge in [0.2, 0.25) is 5.88 Å². The average molecular weight is 423 g/mol. The van der Waals surface area contributed by atoms with E-state index < -0.39 is 11.9 Å². The summed E-state index contributed by atoms with van der Waals surface area (Å²) in [5.74, 6) is -0.918. The van der Waals surface area contributed by atoms with Crippen LogP contribution in [-0.2, 0) is 4.79 Å². The number of carboxylic acid groups (broad SMARTS) is 1. The van der Waals surface area contributed by atoms with Crippen LogP contribution in [0.15, 0.2) is 36.4 Å². The first-order chi connectivity index (χ1) is 14.7. The summed E-state index contributed by atoms with van der Waals surface area (Å²) in [6.45, 7) is 5.80. The summed E-state index contributed by atoms with van der Waals surface area (Å²) in [7, 11) is 0. The van der Waals surface area contributed by atoms with E-state index in [-0.39, 0.29) is 23.6 Å². The number of aryl methyl sites for hydroxylation is 1. The fourth-order valence-corrected chi connectivity index (χ4v) is 4.33. The topological polar surface area (TPSA) is 79.7 Å². The third-order valence-electron chi connectivity index (χ3n) is 5.99. The first-order valence-corrected chi connectivity index (χ1v) is 10.6. The van der Waals surface area contributed by atoms with Crippen LogP contribution in [0.4, 0.5) is 4.39 Å². The van der Waals surface area contributed by atoms with E-state index in [2.05, 4.69) is 0 Å². The number of carboxylic acids is 1. The second-order valence-electron chi connectivity index (χ2n) is 8.61. The zero-order valence-corrected chi connectivity index (χ0v) is 17.9. The van der Waals surface area contributed by atoms with Gasteiger partial charge in [0.05, 0.1) is 11.6 Å². The van der Waals surface area contributed by atoms with Crippen LogP contribution in [0.2, 0.25) is 0 Å². The molecule has 162 valence electrons. The Morgan fingerprint density at radius 1 is 1.16 bits per heavy atom. The predicted molar refractivity (Wildman–Crippen MR) is 117 cm³/mol. The number of hydrogen-bond acceptors (Lipinski definition) is 4. The van der Waals surface area contributed by atoms with Gasteiger partial charge in [-0.1, -0.05) is 19.9 Å². The highest BCUT2D eigenvalue weighted by molar-refractivity contribution is 6.01. The lowest BCUT2D eigenvalue weighted by Gasteiger charge is -2.21. The molecule has 0 spiro atoms. The van der Waals surface area contributed by atoms with Gasteiger partial charge in [-0.05, 0) is 78.9 Å². The van der Waals surface area contributed by atoms with Crippen LogP contribution in [-0.4, -0.2) is 27.3 Å². The molecule has 0 radical (unpaired) electrons. The third-order valence-corrected chi connectivity index (χ3v) is 5.99. The Morgan fingerprint density at radius 2 is 1.94 bits per heavy atom. The van der Waals surface area contributed by atoms with Crippen molar-refractivity contribution in [3.05, 3.63) is 53.5 Å². The van der Waals surface area contributed by atoms with Gasteiger partial charge in [0.25, 0.3) is 0 Å². The maximum Gasteiger partial charge on any atom is 0.306 e. The van der Waals surface area contributed by atoms with Crippen LogP contribution in [0.1, 0.15) is 50.3 Å². The molecule has 0 aliphatic heterocycles. The number of pyridine rings is 1. The smallest absolute Gasteiger partial charge is 0.306 e. The number of nitrogens with zero attached hydrogens (tertiary/aromatic N) is 1. The summed E-state index contributed by atoms with van der Waals surface area (Å²) in [5.41, 5.74) is 3.09. The van der Waals surface area contributed by atoms with Gasteiger partial charge >= 0.3 is 5.97 Å². The van der Waals surface area contributed by atoms with Gasteiger partial charge < -0.3 is 14.9 Å². The first kappa shape index (κ1) is 21.1. The highest BCUT2D eigenvalue weighted by Gasteiger charge is 2.32. The molecule has 5 nitrogen and oxygen atoms in total. The minimum absolute atomic E-state index is 0.0660. The van der Waals surface area contributed by atoms with Gasteiger partial charge in [-0.2, -0.15) is 0 Å². The minimum Gasteiger partial charge on any atom is -0.508 e. The molecule has 0 amide bonds. The van der Waals surface area contributed by atoms with E-state index in [9.17, 15) is 19.4 Å². The molecule has 1 aliphatic carbocycles. The molecule has 1 aliphatic rings. The Morgan fingerprint density at radius 3 is 2.58 bits per heavy atom. The number of phenolic OH excluding ortho intramolecular Hbond substituents is 1. The van der Waals surface area contributed by atoms with Crippen molar-refractivity contribution in [3.8, 4) is 22.8 Å². The van der Waals surface area contributed by atoms with Crippen LogP contribution >= 0.6 is 0 Å². The number of carbonyl (C=O) groups is 1. The van der Waals surface area contributed by atoms with Gasteiger partial charge in [0.1, 0.15) is 17.7 Å². The minimum atomic E-state index is -0.800. The Balaban J connectivity index is 1.88. The molecule has 4 rings (SSSR count). The SMILES string of the molecule is Cc1cc(-c2c(C(C)C)nc(OC3CCC(C(=O)O)C3)c3cc(O)ccc23)ccc1F. The number of aromatic nitrogens is 1. The Bertz CT molecular complexity index is 1160. The Kier molecular flexibility index (Phi) is 5.56. The van der Waals surface area contributed by atoms with Gasteiger partial charge in [-0.25, -0.2) is 9.37 Å². The number of benzene rings is 2. The lowest BCUT2D eigenvalue weighted by atomic mass is 9.91. The fourth-order valence-electron chi connectivity index (χ4n) is 4.33. The van der Waals surface area contributed by atoms with Crippen molar-refractivity contribution in [1.82, 2.24) is 4.98 Å². The van der Waals surface area contributed by atoms with E-state index in [4.69, 9.17) is 9.72 Å². The van der Waals surface area contributed by atoms with E-state index in [0.29, 0.717) is 36.1 Å². The summed E-state index contributed by atoms with van der Waals surface area (Å²) in [4.78, 5) is 16.2. The van der Waals surface area contributed by atoms with Crippen molar-refractivity contribution in [2.45, 2.75) is 52.1 Å². The van der Waals surface area contributed by atoms with Crippen molar-refractivity contribution < 1.29 is 24.1 Å². The number of fused-ring (bicyclic) bond motifs is 1. The molecule has 0 bridgehead atoms. The van der Waals surface area contributed by atoms with Gasteiger partial charge in [0, 0.05) is 10.9 Å². The molecule has 2 N–H and O–H groups in total. The predicted octanol–water partition coefficient (Wildman–Crippen LogP) is 5.81. The molecule has 1 aromatic heterocycles. The van der Waals surface area contributed by atoms with Crippen LogP contribution < -0.4 is 4.74 Å². The Hall–Kier alpha value is -3.15. The van der Waals surface area contributed by atoms with E-state index in [1.165, 1.54) is 6.07 Å². The van der Waals surface area contributed by atoms with Crippen molar-refractivity contribution in [2.24, 2.45) is 5.92 Å². The molecule has 0 saturated heterocycles. The number of ether oxygens (including phenoxy) is 1. The highest BCUT2D eigenvalue weighted by Crippen LogP contribution is 2.41. The highest BCUT2D eigenvalue weighted by atomic mass is 19.1. The lowest BCUT2D eigenvalue weighted by Crippen LogP contribution is -2.17. The van der Waals surface area contributed by atoms with Crippen LogP contribution in [0.25, 0.3) is 21.9 Å². The molecular formula is C25H26FNO4. The average Bonchev–Trinajstić information content (AvgIpc) is 3.19. The molecule has 2 aromatic carbocycles. The largest absolute Gasteiger partial charge is 0.508 e. The summed E-state index contributed by atoms with van der Waals surface area (Å²) in [6.07, 6.45) is 1.42. The maximum absolute atomic E-state index is 13.9. The van der Waals surface area contributed by atoms with Crippen molar-refractivity contribution in [1.29, 1.82) is 0 Å². The number of hydrogen-bond donors (Lipinski definition) is 2. The monoisotopic (exact) mass is 423 g/mol. The first-order valence-electron chi connectivity index (χ1n) is 10.6. The maximum atomic E-state index is 13.9.